The van der Waals surface area contributed by atoms with Crippen molar-refractivity contribution in [2.75, 3.05) is 25.5 Å². The minimum atomic E-state index is 0. The molecule has 2 heterocycles. The predicted molar refractivity (Wildman–Crippen MR) is 130 cm³/mol. The van der Waals surface area contributed by atoms with E-state index in [0.717, 1.165) is 49.6 Å². The second-order valence-corrected chi connectivity index (χ2v) is 8.10. The molecule has 1 aliphatic heterocycles. The summed E-state index contributed by atoms with van der Waals surface area (Å²) in [6.45, 7) is 2.60. The van der Waals surface area contributed by atoms with Gasteiger partial charge < -0.3 is 15.5 Å². The topological polar surface area (TPSA) is 74.6 Å². The van der Waals surface area contributed by atoms with Crippen molar-refractivity contribution in [1.29, 1.82) is 0 Å². The molecule has 1 saturated carbocycles. The van der Waals surface area contributed by atoms with Gasteiger partial charge in [-0.05, 0) is 42.5 Å². The van der Waals surface area contributed by atoms with Crippen LogP contribution < -0.4 is 10.6 Å². The fourth-order valence-corrected chi connectivity index (χ4v) is 4.06. The van der Waals surface area contributed by atoms with Crippen molar-refractivity contribution in [3.63, 3.8) is 0 Å². The van der Waals surface area contributed by atoms with Crippen LogP contribution >= 0.6 is 24.0 Å². The van der Waals surface area contributed by atoms with Crippen LogP contribution in [0.15, 0.2) is 41.7 Å². The third-order valence-electron chi connectivity index (χ3n) is 6.02. The maximum Gasteiger partial charge on any atom is 0.227 e. The summed E-state index contributed by atoms with van der Waals surface area (Å²) in [5.41, 5.74) is 3.29. The number of hydrogen-bond donors (Lipinski definition) is 2. The summed E-state index contributed by atoms with van der Waals surface area (Å²) in [4.78, 5) is 19.0. The number of hydrogen-bond acceptors (Lipinski definition) is 3. The van der Waals surface area contributed by atoms with Crippen LogP contribution in [0.1, 0.15) is 42.7 Å². The Morgan fingerprint density at radius 3 is 2.80 bits per heavy atom. The van der Waals surface area contributed by atoms with Gasteiger partial charge in [0.05, 0.1) is 6.20 Å². The van der Waals surface area contributed by atoms with E-state index in [1.807, 2.05) is 43.2 Å². The summed E-state index contributed by atoms with van der Waals surface area (Å²) < 4.78 is 1.86. The molecule has 2 aromatic rings. The Balaban J connectivity index is 0.00000256. The standard InChI is InChI=1S/C22H30N6O.HI/c1-23-22(28-10-9-18(15-28)19-13-25-27(2)14-19)24-12-16-5-3-8-20(11-16)26-21(29)17-6-4-7-17;/h3,5,8,11,13-14,17-18H,4,6-7,9-10,12,15H2,1-2H3,(H,23,24)(H,26,29);1H. The molecular weight excluding hydrogens is 491 g/mol. The summed E-state index contributed by atoms with van der Waals surface area (Å²) in [5.74, 6) is 1.75. The number of benzene rings is 1. The molecule has 7 nitrogen and oxygen atoms in total. The zero-order valence-corrected chi connectivity index (χ0v) is 20.0. The molecule has 1 aromatic heterocycles. The number of likely N-dealkylation sites (tertiary alicyclic amines) is 1. The third kappa shape index (κ3) is 5.33. The van der Waals surface area contributed by atoms with Crippen molar-refractivity contribution in [3.8, 4) is 0 Å². The lowest BCUT2D eigenvalue weighted by Gasteiger charge is -2.24. The van der Waals surface area contributed by atoms with Crippen LogP contribution in [0.4, 0.5) is 5.69 Å². The second-order valence-electron chi connectivity index (χ2n) is 8.10. The Morgan fingerprint density at radius 2 is 2.13 bits per heavy atom. The molecule has 30 heavy (non-hydrogen) atoms. The van der Waals surface area contributed by atoms with Crippen LogP contribution in [-0.2, 0) is 18.4 Å². The Morgan fingerprint density at radius 1 is 1.30 bits per heavy atom. The van der Waals surface area contributed by atoms with Gasteiger partial charge in [0.25, 0.3) is 0 Å². The monoisotopic (exact) mass is 522 g/mol. The van der Waals surface area contributed by atoms with Gasteiger partial charge in [-0.2, -0.15) is 5.10 Å². The second kappa shape index (κ2) is 10.3. The molecule has 1 saturated heterocycles. The minimum absolute atomic E-state index is 0. The van der Waals surface area contributed by atoms with Gasteiger partial charge in [0.15, 0.2) is 5.96 Å². The van der Waals surface area contributed by atoms with Gasteiger partial charge in [-0.3, -0.25) is 14.5 Å². The van der Waals surface area contributed by atoms with E-state index in [1.165, 1.54) is 12.0 Å². The molecule has 2 aliphatic rings. The number of aliphatic imine (C=N–C) groups is 1. The fraction of sp³-hybridized carbons (Fsp3) is 0.500. The summed E-state index contributed by atoms with van der Waals surface area (Å²) in [7, 11) is 3.79. The van der Waals surface area contributed by atoms with Crippen molar-refractivity contribution in [2.45, 2.75) is 38.1 Å². The minimum Gasteiger partial charge on any atom is -0.352 e. The Bertz CT molecular complexity index is 891. The van der Waals surface area contributed by atoms with Crippen LogP contribution in [0.5, 0.6) is 0 Å². The van der Waals surface area contributed by atoms with Crippen LogP contribution in [-0.4, -0.2) is 46.7 Å². The maximum atomic E-state index is 12.2. The van der Waals surface area contributed by atoms with E-state index in [2.05, 4.69) is 37.9 Å². The van der Waals surface area contributed by atoms with Gasteiger partial charge >= 0.3 is 0 Å². The van der Waals surface area contributed by atoms with Crippen molar-refractivity contribution < 1.29 is 4.79 Å². The van der Waals surface area contributed by atoms with Gasteiger partial charge in [0.2, 0.25) is 5.91 Å². The van der Waals surface area contributed by atoms with Gasteiger partial charge in [0.1, 0.15) is 0 Å². The number of carbonyl (C=O) groups excluding carboxylic acids is 1. The first kappa shape index (κ1) is 22.6. The molecule has 162 valence electrons. The number of halogens is 1. The molecule has 1 aliphatic carbocycles. The molecule has 0 radical (unpaired) electrons. The number of nitrogens with one attached hydrogen (secondary N) is 2. The number of guanidine groups is 1. The first-order chi connectivity index (χ1) is 14.1. The van der Waals surface area contributed by atoms with Crippen molar-refractivity contribution in [2.24, 2.45) is 18.0 Å². The molecule has 2 N–H and O–H groups in total. The number of nitrogens with zero attached hydrogens (tertiary/aromatic N) is 4. The lowest BCUT2D eigenvalue weighted by molar-refractivity contribution is -0.122. The van der Waals surface area contributed by atoms with E-state index in [0.29, 0.717) is 12.5 Å². The Hall–Kier alpha value is -2.10. The van der Waals surface area contributed by atoms with Gasteiger partial charge in [-0.25, -0.2) is 0 Å². The van der Waals surface area contributed by atoms with E-state index >= 15 is 0 Å². The molecule has 1 amide bonds. The average molecular weight is 522 g/mol. The Labute approximate surface area is 195 Å². The van der Waals surface area contributed by atoms with Crippen LogP contribution in [0.25, 0.3) is 0 Å². The van der Waals surface area contributed by atoms with Gasteiger partial charge in [-0.1, -0.05) is 18.6 Å². The van der Waals surface area contributed by atoms with E-state index in [4.69, 9.17) is 0 Å². The summed E-state index contributed by atoms with van der Waals surface area (Å²) >= 11 is 0. The molecule has 8 heteroatoms. The summed E-state index contributed by atoms with van der Waals surface area (Å²) in [5, 5.41) is 10.8. The lowest BCUT2D eigenvalue weighted by Crippen LogP contribution is -2.39. The molecule has 0 spiro atoms. The van der Waals surface area contributed by atoms with Crippen LogP contribution in [0.2, 0.25) is 0 Å². The highest BCUT2D eigenvalue weighted by Crippen LogP contribution is 2.28. The molecule has 1 unspecified atom stereocenters. The molecule has 4 rings (SSSR count). The van der Waals surface area contributed by atoms with Crippen LogP contribution in [0, 0.1) is 5.92 Å². The van der Waals surface area contributed by atoms with E-state index in [9.17, 15) is 4.79 Å². The smallest absolute Gasteiger partial charge is 0.227 e. The SMILES string of the molecule is CN=C(NCc1cccc(NC(=O)C2CCC2)c1)N1CCC(c2cnn(C)c2)C1.I. The predicted octanol–water partition coefficient (Wildman–Crippen LogP) is 3.34. The maximum absolute atomic E-state index is 12.2. The van der Waals surface area contributed by atoms with Crippen LogP contribution in [0.3, 0.4) is 0 Å². The highest BCUT2D eigenvalue weighted by atomic mass is 127. The third-order valence-corrected chi connectivity index (χ3v) is 6.02. The first-order valence-corrected chi connectivity index (χ1v) is 10.5. The van der Waals surface area contributed by atoms with E-state index in [-0.39, 0.29) is 35.8 Å². The fourth-order valence-electron chi connectivity index (χ4n) is 4.06. The van der Waals surface area contributed by atoms with Crippen molar-refractivity contribution in [3.05, 3.63) is 47.8 Å². The number of anilines is 1. The summed E-state index contributed by atoms with van der Waals surface area (Å²) in [6.07, 6.45) is 8.37. The quantitative estimate of drug-likeness (QED) is 0.359. The molecule has 1 aromatic carbocycles. The molecule has 0 bridgehead atoms. The average Bonchev–Trinajstić information content (AvgIpc) is 3.30. The van der Waals surface area contributed by atoms with Gasteiger partial charge in [0, 0.05) is 57.4 Å². The zero-order valence-electron chi connectivity index (χ0n) is 17.7. The zero-order chi connectivity index (χ0) is 20.2. The van der Waals surface area contributed by atoms with E-state index < -0.39 is 0 Å². The van der Waals surface area contributed by atoms with Crippen molar-refractivity contribution >= 4 is 41.5 Å². The van der Waals surface area contributed by atoms with Crippen molar-refractivity contribution in [1.82, 2.24) is 20.0 Å². The Kier molecular flexibility index (Phi) is 7.74. The number of carbonyl (C=O) groups is 1. The molecular formula is C22H31IN6O. The molecule has 1 atom stereocenters. The largest absolute Gasteiger partial charge is 0.352 e. The highest BCUT2D eigenvalue weighted by Gasteiger charge is 2.27. The number of rotatable bonds is 5. The molecule has 2 fully saturated rings. The van der Waals surface area contributed by atoms with E-state index in [1.54, 1.807) is 0 Å². The summed E-state index contributed by atoms with van der Waals surface area (Å²) in [6, 6.07) is 8.05. The number of aryl methyl sites for hydroxylation is 1. The lowest BCUT2D eigenvalue weighted by atomic mass is 9.85. The highest BCUT2D eigenvalue weighted by molar-refractivity contribution is 14.0. The number of aromatic nitrogens is 2. The number of amides is 1. The van der Waals surface area contributed by atoms with Gasteiger partial charge in [-0.15, -0.1) is 24.0 Å². The first-order valence-electron chi connectivity index (χ1n) is 10.5. The normalized spacial score (nSPS) is 19.2.